The van der Waals surface area contributed by atoms with Crippen LogP contribution < -0.4 is 11.1 Å². The first-order valence-corrected chi connectivity index (χ1v) is 6.63. The number of hydrogen-bond donors (Lipinski definition) is 2. The van der Waals surface area contributed by atoms with Gasteiger partial charge in [-0.05, 0) is 19.4 Å². The highest BCUT2D eigenvalue weighted by molar-refractivity contribution is 5.79. The van der Waals surface area contributed by atoms with Crippen molar-refractivity contribution < 1.29 is 14.3 Å². The monoisotopic (exact) mass is 278 g/mol. The van der Waals surface area contributed by atoms with E-state index in [4.69, 9.17) is 10.5 Å². The minimum atomic E-state index is -0.473. The van der Waals surface area contributed by atoms with Crippen LogP contribution in [0.1, 0.15) is 31.9 Å². The first-order chi connectivity index (χ1) is 9.45. The van der Waals surface area contributed by atoms with Gasteiger partial charge in [-0.2, -0.15) is 0 Å². The van der Waals surface area contributed by atoms with Crippen molar-refractivity contribution in [3.05, 3.63) is 35.9 Å². The fourth-order valence-electron chi connectivity index (χ4n) is 2.00. The zero-order chi connectivity index (χ0) is 15.1. The summed E-state index contributed by atoms with van der Waals surface area (Å²) in [5.41, 5.74) is 6.48. The average molecular weight is 278 g/mol. The number of methoxy groups -OCH3 is 1. The number of nitrogens with two attached hydrogens (primary N) is 1. The van der Waals surface area contributed by atoms with Crippen molar-refractivity contribution in [1.29, 1.82) is 0 Å². The van der Waals surface area contributed by atoms with Gasteiger partial charge in [0.15, 0.2) is 0 Å². The molecule has 0 heterocycles. The highest BCUT2D eigenvalue weighted by Gasteiger charge is 2.27. The molecule has 0 spiro atoms. The summed E-state index contributed by atoms with van der Waals surface area (Å²) in [4.78, 5) is 23.6. The lowest BCUT2D eigenvalue weighted by molar-refractivity contribution is -0.146. The van der Waals surface area contributed by atoms with E-state index in [0.717, 1.165) is 5.56 Å². The van der Waals surface area contributed by atoms with Crippen LogP contribution in [0.3, 0.4) is 0 Å². The second-order valence-corrected chi connectivity index (χ2v) is 4.95. The van der Waals surface area contributed by atoms with Crippen molar-refractivity contribution in [2.45, 2.75) is 32.4 Å². The topological polar surface area (TPSA) is 81.4 Å². The summed E-state index contributed by atoms with van der Waals surface area (Å²) in [5.74, 6) is -1.01. The van der Waals surface area contributed by atoms with Crippen molar-refractivity contribution in [1.82, 2.24) is 5.32 Å². The lowest BCUT2D eigenvalue weighted by Crippen LogP contribution is -2.38. The predicted octanol–water partition coefficient (Wildman–Crippen LogP) is 1.39. The van der Waals surface area contributed by atoms with Crippen LogP contribution in [-0.4, -0.2) is 25.0 Å². The largest absolute Gasteiger partial charge is 0.469 e. The van der Waals surface area contributed by atoms with E-state index in [9.17, 15) is 9.59 Å². The number of hydrogen-bond acceptors (Lipinski definition) is 4. The molecule has 0 radical (unpaired) electrons. The van der Waals surface area contributed by atoms with E-state index in [1.165, 1.54) is 7.11 Å². The van der Waals surface area contributed by atoms with E-state index in [-0.39, 0.29) is 24.3 Å². The Hall–Kier alpha value is -1.88. The Bertz CT molecular complexity index is 446. The van der Waals surface area contributed by atoms with Gasteiger partial charge in [0.25, 0.3) is 0 Å². The number of nitrogens with one attached hydrogen (secondary N) is 1. The Kier molecular flexibility index (Phi) is 6.18. The second-order valence-electron chi connectivity index (χ2n) is 4.95. The molecule has 0 aliphatic carbocycles. The Morgan fingerprint density at radius 2 is 1.85 bits per heavy atom. The summed E-state index contributed by atoms with van der Waals surface area (Å²) in [5, 5.41) is 2.86. The third-order valence-corrected chi connectivity index (χ3v) is 3.06. The highest BCUT2D eigenvalue weighted by Crippen LogP contribution is 2.23. The zero-order valence-corrected chi connectivity index (χ0v) is 12.1. The molecule has 1 amide bonds. The van der Waals surface area contributed by atoms with Crippen molar-refractivity contribution >= 4 is 11.9 Å². The maximum atomic E-state index is 11.9. The van der Waals surface area contributed by atoms with Gasteiger partial charge < -0.3 is 15.8 Å². The van der Waals surface area contributed by atoms with Crippen LogP contribution >= 0.6 is 0 Å². The van der Waals surface area contributed by atoms with E-state index >= 15 is 0 Å². The van der Waals surface area contributed by atoms with Crippen LogP contribution in [0, 0.1) is 5.92 Å². The van der Waals surface area contributed by atoms with Gasteiger partial charge in [-0.1, -0.05) is 30.3 Å². The number of carbonyl (C=O) groups is 2. The van der Waals surface area contributed by atoms with Crippen LogP contribution in [0.4, 0.5) is 0 Å². The summed E-state index contributed by atoms with van der Waals surface area (Å²) >= 11 is 0. The number of rotatable bonds is 6. The molecule has 0 saturated heterocycles. The van der Waals surface area contributed by atoms with Crippen molar-refractivity contribution in [3.63, 3.8) is 0 Å². The molecule has 5 heteroatoms. The van der Waals surface area contributed by atoms with Crippen molar-refractivity contribution in [3.8, 4) is 0 Å². The first-order valence-electron chi connectivity index (χ1n) is 6.63. The lowest BCUT2D eigenvalue weighted by atomic mass is 9.94. The Morgan fingerprint density at radius 1 is 1.25 bits per heavy atom. The standard InChI is InChI=1S/C15H22N2O3/c1-10(16)9-13(18)17-14(11(2)15(19)20-3)12-7-5-4-6-8-12/h4-8,10-11,14H,9,16H2,1-3H3,(H,17,18). The molecule has 0 saturated carbocycles. The van der Waals surface area contributed by atoms with Gasteiger partial charge >= 0.3 is 5.97 Å². The van der Waals surface area contributed by atoms with E-state index < -0.39 is 12.0 Å². The van der Waals surface area contributed by atoms with Gasteiger partial charge in [-0.15, -0.1) is 0 Å². The number of carbonyl (C=O) groups excluding carboxylic acids is 2. The van der Waals surface area contributed by atoms with Gasteiger partial charge in [0.1, 0.15) is 0 Å². The Morgan fingerprint density at radius 3 is 2.35 bits per heavy atom. The maximum absolute atomic E-state index is 11.9. The van der Waals surface area contributed by atoms with Crippen LogP contribution in [0.15, 0.2) is 30.3 Å². The van der Waals surface area contributed by atoms with E-state index in [1.807, 2.05) is 30.3 Å². The molecule has 3 unspecified atom stereocenters. The van der Waals surface area contributed by atoms with Gasteiger partial charge in [0.2, 0.25) is 5.91 Å². The molecule has 1 aromatic carbocycles. The molecule has 0 aliphatic rings. The third kappa shape index (κ3) is 4.66. The lowest BCUT2D eigenvalue weighted by Gasteiger charge is -2.24. The van der Waals surface area contributed by atoms with Gasteiger partial charge in [-0.25, -0.2) is 0 Å². The second kappa shape index (κ2) is 7.65. The summed E-state index contributed by atoms with van der Waals surface area (Å²) in [6.45, 7) is 3.50. The van der Waals surface area contributed by atoms with Crippen LogP contribution in [0.2, 0.25) is 0 Å². The summed E-state index contributed by atoms with van der Waals surface area (Å²) in [7, 11) is 1.34. The normalized spacial score (nSPS) is 15.0. The van der Waals surface area contributed by atoms with E-state index in [0.29, 0.717) is 0 Å². The van der Waals surface area contributed by atoms with Crippen LogP contribution in [-0.2, 0) is 14.3 Å². The number of benzene rings is 1. The maximum Gasteiger partial charge on any atom is 0.310 e. The molecule has 3 atom stereocenters. The molecule has 3 N–H and O–H groups in total. The first kappa shape index (κ1) is 16.2. The Balaban J connectivity index is 2.91. The third-order valence-electron chi connectivity index (χ3n) is 3.06. The molecule has 0 aromatic heterocycles. The molecule has 20 heavy (non-hydrogen) atoms. The van der Waals surface area contributed by atoms with Crippen molar-refractivity contribution in [2.75, 3.05) is 7.11 Å². The van der Waals surface area contributed by atoms with Gasteiger partial charge in [-0.3, -0.25) is 9.59 Å². The summed E-state index contributed by atoms with van der Waals surface area (Å²) in [6, 6.07) is 8.71. The number of esters is 1. The minimum absolute atomic E-state index is 0.176. The van der Waals surface area contributed by atoms with Gasteiger partial charge in [0, 0.05) is 12.5 Å². The van der Waals surface area contributed by atoms with E-state index in [2.05, 4.69) is 5.32 Å². The quantitative estimate of drug-likeness (QED) is 0.770. The summed E-state index contributed by atoms with van der Waals surface area (Å²) in [6.07, 6.45) is 0.219. The fraction of sp³-hybridized carbons (Fsp3) is 0.467. The molecule has 0 fully saturated rings. The minimum Gasteiger partial charge on any atom is -0.469 e. The smallest absolute Gasteiger partial charge is 0.310 e. The van der Waals surface area contributed by atoms with E-state index in [1.54, 1.807) is 13.8 Å². The summed E-state index contributed by atoms with van der Waals surface area (Å²) < 4.78 is 4.76. The molecule has 5 nitrogen and oxygen atoms in total. The molecule has 1 aromatic rings. The molecule has 110 valence electrons. The number of ether oxygens (including phenoxy) is 1. The average Bonchev–Trinajstić information content (AvgIpc) is 2.43. The number of amides is 1. The zero-order valence-electron chi connectivity index (χ0n) is 12.1. The molecule has 1 rings (SSSR count). The van der Waals surface area contributed by atoms with Gasteiger partial charge in [0.05, 0.1) is 19.1 Å². The molecular formula is C15H22N2O3. The highest BCUT2D eigenvalue weighted by atomic mass is 16.5. The molecule has 0 bridgehead atoms. The van der Waals surface area contributed by atoms with Crippen LogP contribution in [0.5, 0.6) is 0 Å². The van der Waals surface area contributed by atoms with Crippen LogP contribution in [0.25, 0.3) is 0 Å². The molecular weight excluding hydrogens is 256 g/mol. The fourth-order valence-corrected chi connectivity index (χ4v) is 2.00. The Labute approximate surface area is 119 Å². The SMILES string of the molecule is COC(=O)C(C)C(NC(=O)CC(C)N)c1ccccc1. The predicted molar refractivity (Wildman–Crippen MR) is 76.8 cm³/mol. The molecule has 0 aliphatic heterocycles. The van der Waals surface area contributed by atoms with Crippen molar-refractivity contribution in [2.24, 2.45) is 11.7 Å².